The Hall–Kier alpha value is -4.76. The molecule has 0 aromatic heterocycles. The van der Waals surface area contributed by atoms with Crippen LogP contribution in [0.2, 0.25) is 0 Å². The molecule has 0 unspecified atom stereocenters. The smallest absolute Gasteiger partial charge is 0.335 e. The van der Waals surface area contributed by atoms with Crippen LogP contribution in [0.15, 0.2) is 60.7 Å². The first-order valence-corrected chi connectivity index (χ1v) is 14.5. The first-order chi connectivity index (χ1) is 20.7. The molecular formula is C36H42N2O6+2. The fourth-order valence-corrected chi connectivity index (χ4v) is 4.11. The lowest BCUT2D eigenvalue weighted by atomic mass is 10.1. The second kappa shape index (κ2) is 15.1. The average molecular weight is 599 g/mol. The average Bonchev–Trinajstić information content (AvgIpc) is 2.95. The van der Waals surface area contributed by atoms with Gasteiger partial charge in [0.2, 0.25) is 0 Å². The molecule has 230 valence electrons. The maximum absolute atomic E-state index is 11.2. The molecule has 0 aliphatic heterocycles. The molecule has 3 rings (SSSR count). The first kappa shape index (κ1) is 33.7. The van der Waals surface area contributed by atoms with Crippen LogP contribution in [0.1, 0.15) is 55.8 Å². The van der Waals surface area contributed by atoms with Crippen LogP contribution in [0, 0.1) is 23.7 Å². The van der Waals surface area contributed by atoms with Crippen molar-refractivity contribution in [1.82, 2.24) is 0 Å². The normalized spacial score (nSPS) is 11.0. The third-order valence-electron chi connectivity index (χ3n) is 6.49. The number of rotatable bonds is 12. The number of nitrogens with zero attached hydrogens (tertiary/aromatic N) is 2. The lowest BCUT2D eigenvalue weighted by molar-refractivity contribution is -0.870. The van der Waals surface area contributed by atoms with E-state index < -0.39 is 11.9 Å². The van der Waals surface area contributed by atoms with Crippen LogP contribution in [0.4, 0.5) is 0 Å². The van der Waals surface area contributed by atoms with Gasteiger partial charge in [0.1, 0.15) is 11.5 Å². The lowest BCUT2D eigenvalue weighted by Crippen LogP contribution is -2.36. The van der Waals surface area contributed by atoms with Crippen LogP contribution in [0.3, 0.4) is 0 Å². The van der Waals surface area contributed by atoms with E-state index in [-0.39, 0.29) is 11.1 Å². The number of quaternary nitrogens is 2. The van der Waals surface area contributed by atoms with Crippen molar-refractivity contribution < 1.29 is 38.2 Å². The number of hydrogen-bond acceptors (Lipinski definition) is 4. The third kappa shape index (κ3) is 11.5. The molecule has 0 radical (unpaired) electrons. The predicted octanol–water partition coefficient (Wildman–Crippen LogP) is 4.83. The summed E-state index contributed by atoms with van der Waals surface area (Å²) in [4.78, 5) is 22.5. The molecule has 0 amide bonds. The Morgan fingerprint density at radius 2 is 0.932 bits per heavy atom. The van der Waals surface area contributed by atoms with E-state index in [1.165, 1.54) is 24.3 Å². The number of benzene rings is 3. The third-order valence-corrected chi connectivity index (χ3v) is 6.49. The summed E-state index contributed by atoms with van der Waals surface area (Å²) in [5, 5.41) is 18.4. The van der Waals surface area contributed by atoms with Crippen molar-refractivity contribution >= 4 is 11.9 Å². The molecule has 3 aromatic rings. The number of carboxylic acid groups (broad SMARTS) is 2. The number of carboxylic acids is 2. The Morgan fingerprint density at radius 1 is 0.591 bits per heavy atom. The predicted molar refractivity (Wildman–Crippen MR) is 171 cm³/mol. The monoisotopic (exact) mass is 598 g/mol. The Bertz CT molecular complexity index is 1450. The number of hydrogen-bond donors (Lipinski definition) is 2. The Balaban J connectivity index is 2.01. The summed E-state index contributed by atoms with van der Waals surface area (Å²) >= 11 is 0. The molecule has 0 aliphatic carbocycles. The quantitative estimate of drug-likeness (QED) is 0.176. The van der Waals surface area contributed by atoms with Crippen molar-refractivity contribution in [3.05, 3.63) is 94.0 Å². The van der Waals surface area contributed by atoms with Crippen molar-refractivity contribution in [2.75, 3.05) is 68.6 Å². The molecule has 0 saturated carbocycles. The minimum Gasteiger partial charge on any atom is -0.492 e. The molecule has 0 heterocycles. The summed E-state index contributed by atoms with van der Waals surface area (Å²) in [7, 11) is 12.8. The number of ether oxygens (including phenoxy) is 2. The lowest BCUT2D eigenvalue weighted by Gasteiger charge is -2.24. The van der Waals surface area contributed by atoms with Crippen molar-refractivity contribution in [3.8, 4) is 35.2 Å². The van der Waals surface area contributed by atoms with Gasteiger partial charge < -0.3 is 28.7 Å². The van der Waals surface area contributed by atoms with E-state index >= 15 is 0 Å². The van der Waals surface area contributed by atoms with Crippen LogP contribution in [0.5, 0.6) is 11.5 Å². The Kier molecular flexibility index (Phi) is 11.6. The summed E-state index contributed by atoms with van der Waals surface area (Å²) in [5.41, 5.74) is 3.00. The van der Waals surface area contributed by atoms with E-state index in [9.17, 15) is 19.8 Å². The number of carbonyl (C=O) groups is 2. The van der Waals surface area contributed by atoms with Gasteiger partial charge in [0.25, 0.3) is 0 Å². The summed E-state index contributed by atoms with van der Waals surface area (Å²) in [6.45, 7) is 2.85. The maximum atomic E-state index is 11.2. The van der Waals surface area contributed by atoms with Crippen LogP contribution in [-0.4, -0.2) is 99.7 Å². The highest BCUT2D eigenvalue weighted by atomic mass is 16.5. The summed E-state index contributed by atoms with van der Waals surface area (Å²) in [6, 6.07) is 16.5. The zero-order valence-corrected chi connectivity index (χ0v) is 26.4. The van der Waals surface area contributed by atoms with Gasteiger partial charge in [-0.25, -0.2) is 9.59 Å². The standard InChI is InChI=1S/C36H40N2O6/c1-37(2,3)21-7-23-43-33-25-32(20-14-28-11-17-30(18-12-28)36(41)42)34(44-24-8-22-38(4,5)6)26-31(33)19-13-27-9-15-29(16-10-27)35(39)40/h9-12,15-18,25-26H,7-8,21-24H2,1-6H3/p+2. The molecule has 2 N–H and O–H groups in total. The van der Waals surface area contributed by atoms with Crippen LogP contribution < -0.4 is 9.47 Å². The molecule has 0 spiro atoms. The van der Waals surface area contributed by atoms with Gasteiger partial charge in [-0.2, -0.15) is 0 Å². The number of aromatic carboxylic acids is 2. The van der Waals surface area contributed by atoms with E-state index in [2.05, 4.69) is 66.0 Å². The first-order valence-electron chi connectivity index (χ1n) is 14.5. The van der Waals surface area contributed by atoms with Crippen molar-refractivity contribution in [1.29, 1.82) is 0 Å². The van der Waals surface area contributed by atoms with Gasteiger partial charge in [-0.05, 0) is 48.5 Å². The van der Waals surface area contributed by atoms with Crippen LogP contribution in [0.25, 0.3) is 0 Å². The zero-order chi connectivity index (χ0) is 32.3. The largest absolute Gasteiger partial charge is 0.492 e. The van der Waals surface area contributed by atoms with Crippen LogP contribution in [-0.2, 0) is 0 Å². The molecule has 8 heteroatoms. The van der Waals surface area contributed by atoms with E-state index in [0.717, 1.165) is 34.9 Å². The topological polar surface area (TPSA) is 93.1 Å². The molecule has 8 nitrogen and oxygen atoms in total. The van der Waals surface area contributed by atoms with E-state index in [4.69, 9.17) is 9.47 Å². The van der Waals surface area contributed by atoms with Gasteiger partial charge >= 0.3 is 11.9 Å². The SMILES string of the molecule is C[N+](C)(C)CCCOc1cc(C#Cc2ccc(C(=O)O)cc2)c(OCCC[N+](C)(C)C)cc1C#Cc1ccc(C(=O)O)cc1. The highest BCUT2D eigenvalue weighted by Crippen LogP contribution is 2.29. The molecule has 44 heavy (non-hydrogen) atoms. The van der Waals surface area contributed by atoms with Gasteiger partial charge in [0.05, 0.1) is 90.8 Å². The van der Waals surface area contributed by atoms with E-state index in [0.29, 0.717) is 47.0 Å². The highest BCUT2D eigenvalue weighted by molar-refractivity contribution is 5.88. The molecule has 0 fully saturated rings. The second-order valence-corrected chi connectivity index (χ2v) is 12.5. The Morgan fingerprint density at radius 3 is 1.23 bits per heavy atom. The van der Waals surface area contributed by atoms with Gasteiger partial charge in [-0.3, -0.25) is 0 Å². The fourth-order valence-electron chi connectivity index (χ4n) is 4.11. The fraction of sp³-hybridized carbons (Fsp3) is 0.333. The zero-order valence-electron chi connectivity index (χ0n) is 26.4. The molecule has 0 atom stereocenters. The minimum atomic E-state index is -0.990. The van der Waals surface area contributed by atoms with Gasteiger partial charge in [-0.15, -0.1) is 0 Å². The van der Waals surface area contributed by atoms with Crippen molar-refractivity contribution in [3.63, 3.8) is 0 Å². The molecule has 0 bridgehead atoms. The molecule has 0 aliphatic rings. The minimum absolute atomic E-state index is 0.196. The second-order valence-electron chi connectivity index (χ2n) is 12.5. The van der Waals surface area contributed by atoms with Crippen LogP contribution >= 0.6 is 0 Å². The molecule has 3 aromatic carbocycles. The van der Waals surface area contributed by atoms with Crippen molar-refractivity contribution in [2.24, 2.45) is 0 Å². The Labute approximate surface area is 260 Å². The van der Waals surface area contributed by atoms with Gasteiger partial charge in [0, 0.05) is 36.1 Å². The van der Waals surface area contributed by atoms with Crippen molar-refractivity contribution in [2.45, 2.75) is 12.8 Å². The summed E-state index contributed by atoms with van der Waals surface area (Å²) < 4.78 is 14.1. The van der Waals surface area contributed by atoms with Gasteiger partial charge in [0.15, 0.2) is 0 Å². The summed E-state index contributed by atoms with van der Waals surface area (Å²) in [5.74, 6) is 11.8. The van der Waals surface area contributed by atoms with E-state index in [1.807, 2.05) is 12.1 Å². The van der Waals surface area contributed by atoms with E-state index in [1.54, 1.807) is 24.3 Å². The van der Waals surface area contributed by atoms with Gasteiger partial charge in [-0.1, -0.05) is 23.7 Å². The molecular weight excluding hydrogens is 556 g/mol. The maximum Gasteiger partial charge on any atom is 0.335 e. The molecule has 0 saturated heterocycles. The summed E-state index contributed by atoms with van der Waals surface area (Å²) in [6.07, 6.45) is 1.68. The highest BCUT2D eigenvalue weighted by Gasteiger charge is 2.14.